The number of piperidine rings is 1. The second-order valence-corrected chi connectivity index (χ2v) is 4.48. The number of rotatable bonds is 5. The zero-order valence-electron chi connectivity index (χ0n) is 10.7. The van der Waals surface area contributed by atoms with E-state index in [1.807, 2.05) is 7.05 Å². The molecule has 0 aliphatic carbocycles. The van der Waals surface area contributed by atoms with Crippen LogP contribution in [0.25, 0.3) is 0 Å². The minimum atomic E-state index is 0.190. The van der Waals surface area contributed by atoms with Crippen LogP contribution in [-0.2, 0) is 9.53 Å². The Morgan fingerprint density at radius 1 is 1.56 bits per heavy atom. The number of methoxy groups -OCH3 is 1. The predicted molar refractivity (Wildman–Crippen MR) is 64.4 cm³/mol. The average molecular weight is 228 g/mol. The van der Waals surface area contributed by atoms with Crippen molar-refractivity contribution >= 4 is 5.91 Å². The first-order valence-corrected chi connectivity index (χ1v) is 6.15. The van der Waals surface area contributed by atoms with Crippen molar-refractivity contribution in [3.8, 4) is 0 Å². The molecule has 0 radical (unpaired) electrons. The minimum Gasteiger partial charge on any atom is -0.383 e. The Morgan fingerprint density at radius 2 is 2.31 bits per heavy atom. The van der Waals surface area contributed by atoms with E-state index in [4.69, 9.17) is 4.74 Å². The number of hydrogen-bond acceptors (Lipinski definition) is 3. The quantitative estimate of drug-likeness (QED) is 0.698. The molecular weight excluding hydrogens is 204 g/mol. The van der Waals surface area contributed by atoms with Gasteiger partial charge in [0.25, 0.3) is 0 Å². The maximum absolute atomic E-state index is 12.1. The Hall–Kier alpha value is -0.610. The number of carbonyl (C=O) groups is 1. The molecule has 0 aromatic rings. The van der Waals surface area contributed by atoms with Crippen molar-refractivity contribution in [2.75, 3.05) is 46.9 Å². The van der Waals surface area contributed by atoms with Gasteiger partial charge in [0.15, 0.2) is 0 Å². The monoisotopic (exact) mass is 228 g/mol. The number of amides is 1. The molecule has 0 aromatic carbocycles. The summed E-state index contributed by atoms with van der Waals surface area (Å²) >= 11 is 0. The molecule has 0 N–H and O–H groups in total. The first-order chi connectivity index (χ1) is 7.69. The fourth-order valence-corrected chi connectivity index (χ4v) is 2.19. The molecule has 1 saturated heterocycles. The van der Waals surface area contributed by atoms with Gasteiger partial charge >= 0.3 is 0 Å². The molecule has 0 saturated carbocycles. The molecule has 4 heteroatoms. The molecule has 0 aromatic heterocycles. The van der Waals surface area contributed by atoms with Gasteiger partial charge in [-0.25, -0.2) is 0 Å². The van der Waals surface area contributed by atoms with Gasteiger partial charge in [-0.1, -0.05) is 6.92 Å². The van der Waals surface area contributed by atoms with Gasteiger partial charge in [0.2, 0.25) is 5.91 Å². The number of carbonyl (C=O) groups excluding carboxylic acids is 1. The predicted octanol–water partition coefficient (Wildman–Crippen LogP) is 0.823. The Morgan fingerprint density at radius 3 is 2.94 bits per heavy atom. The number of likely N-dealkylation sites (tertiary alicyclic amines) is 1. The zero-order chi connectivity index (χ0) is 12.0. The molecule has 1 amide bonds. The highest BCUT2D eigenvalue weighted by molar-refractivity contribution is 5.78. The summed E-state index contributed by atoms with van der Waals surface area (Å²) in [4.78, 5) is 16.3. The number of likely N-dealkylation sites (N-methyl/N-ethyl adjacent to an activating group) is 1. The zero-order valence-corrected chi connectivity index (χ0v) is 10.7. The van der Waals surface area contributed by atoms with Gasteiger partial charge in [0.05, 0.1) is 12.5 Å². The Bertz CT molecular complexity index is 221. The number of hydrogen-bond donors (Lipinski definition) is 0. The van der Waals surface area contributed by atoms with Crippen LogP contribution in [0.4, 0.5) is 0 Å². The lowest BCUT2D eigenvalue weighted by atomic mass is 9.96. The summed E-state index contributed by atoms with van der Waals surface area (Å²) in [5.74, 6) is 0.464. The lowest BCUT2D eigenvalue weighted by Gasteiger charge is -2.33. The van der Waals surface area contributed by atoms with E-state index in [1.165, 1.54) is 0 Å². The van der Waals surface area contributed by atoms with Gasteiger partial charge in [-0.15, -0.1) is 0 Å². The molecule has 1 aliphatic rings. The third-order valence-corrected chi connectivity index (χ3v) is 3.31. The SMILES string of the molecule is CCN1CCCC(C(=O)N(C)CCOC)C1. The van der Waals surface area contributed by atoms with Crippen LogP contribution in [0.1, 0.15) is 19.8 Å². The largest absolute Gasteiger partial charge is 0.383 e. The van der Waals surface area contributed by atoms with Gasteiger partial charge in [-0.3, -0.25) is 4.79 Å². The van der Waals surface area contributed by atoms with E-state index >= 15 is 0 Å². The number of nitrogens with zero attached hydrogens (tertiary/aromatic N) is 2. The molecule has 0 spiro atoms. The molecule has 1 rings (SSSR count). The lowest BCUT2D eigenvalue weighted by Crippen LogP contribution is -2.44. The van der Waals surface area contributed by atoms with Crippen molar-refractivity contribution in [2.24, 2.45) is 5.92 Å². The molecule has 0 bridgehead atoms. The Labute approximate surface area is 98.5 Å². The normalized spacial score (nSPS) is 22.1. The van der Waals surface area contributed by atoms with E-state index in [0.29, 0.717) is 13.2 Å². The van der Waals surface area contributed by atoms with Crippen molar-refractivity contribution < 1.29 is 9.53 Å². The molecule has 1 atom stereocenters. The summed E-state index contributed by atoms with van der Waals surface area (Å²) in [6.45, 7) is 6.58. The Balaban J connectivity index is 2.40. The van der Waals surface area contributed by atoms with E-state index in [1.54, 1.807) is 12.0 Å². The summed E-state index contributed by atoms with van der Waals surface area (Å²) in [6, 6.07) is 0. The second kappa shape index (κ2) is 6.86. The van der Waals surface area contributed by atoms with Crippen molar-refractivity contribution in [1.82, 2.24) is 9.80 Å². The third-order valence-electron chi connectivity index (χ3n) is 3.31. The average Bonchev–Trinajstić information content (AvgIpc) is 2.35. The third kappa shape index (κ3) is 3.76. The van der Waals surface area contributed by atoms with Crippen LogP contribution in [-0.4, -0.2) is 62.7 Å². The topological polar surface area (TPSA) is 32.8 Å². The molecule has 16 heavy (non-hydrogen) atoms. The Kier molecular flexibility index (Phi) is 5.77. The maximum atomic E-state index is 12.1. The van der Waals surface area contributed by atoms with Crippen LogP contribution >= 0.6 is 0 Å². The van der Waals surface area contributed by atoms with Gasteiger partial charge < -0.3 is 14.5 Å². The van der Waals surface area contributed by atoms with Gasteiger partial charge in [-0.2, -0.15) is 0 Å². The highest BCUT2D eigenvalue weighted by atomic mass is 16.5. The van der Waals surface area contributed by atoms with E-state index in [0.717, 1.165) is 32.5 Å². The van der Waals surface area contributed by atoms with Crippen LogP contribution in [0.3, 0.4) is 0 Å². The van der Waals surface area contributed by atoms with Crippen LogP contribution in [0, 0.1) is 5.92 Å². The molecular formula is C12H24N2O2. The maximum Gasteiger partial charge on any atom is 0.226 e. The smallest absolute Gasteiger partial charge is 0.226 e. The summed E-state index contributed by atoms with van der Waals surface area (Å²) < 4.78 is 4.99. The van der Waals surface area contributed by atoms with E-state index in [2.05, 4.69) is 11.8 Å². The summed E-state index contributed by atoms with van der Waals surface area (Å²) in [6.07, 6.45) is 2.18. The van der Waals surface area contributed by atoms with E-state index in [9.17, 15) is 4.79 Å². The van der Waals surface area contributed by atoms with Crippen LogP contribution in [0.5, 0.6) is 0 Å². The highest BCUT2D eigenvalue weighted by Gasteiger charge is 2.26. The van der Waals surface area contributed by atoms with Crippen molar-refractivity contribution in [3.05, 3.63) is 0 Å². The second-order valence-electron chi connectivity index (χ2n) is 4.48. The molecule has 1 unspecified atom stereocenters. The lowest BCUT2D eigenvalue weighted by molar-refractivity contribution is -0.136. The van der Waals surface area contributed by atoms with Crippen LogP contribution < -0.4 is 0 Å². The van der Waals surface area contributed by atoms with Gasteiger partial charge in [0.1, 0.15) is 0 Å². The molecule has 1 fully saturated rings. The van der Waals surface area contributed by atoms with Gasteiger partial charge in [-0.05, 0) is 25.9 Å². The first-order valence-electron chi connectivity index (χ1n) is 6.15. The highest BCUT2D eigenvalue weighted by Crippen LogP contribution is 2.17. The van der Waals surface area contributed by atoms with Crippen molar-refractivity contribution in [3.63, 3.8) is 0 Å². The fourth-order valence-electron chi connectivity index (χ4n) is 2.19. The summed E-state index contributed by atoms with van der Waals surface area (Å²) in [5, 5.41) is 0. The molecule has 1 aliphatic heterocycles. The molecule has 1 heterocycles. The van der Waals surface area contributed by atoms with Gasteiger partial charge in [0, 0.05) is 27.2 Å². The standard InChI is InChI=1S/C12H24N2O2/c1-4-14-7-5-6-11(10-14)12(15)13(2)8-9-16-3/h11H,4-10H2,1-3H3. The number of ether oxygens (including phenoxy) is 1. The molecule has 94 valence electrons. The first kappa shape index (κ1) is 13.5. The van der Waals surface area contributed by atoms with Crippen molar-refractivity contribution in [2.45, 2.75) is 19.8 Å². The summed E-state index contributed by atoms with van der Waals surface area (Å²) in [5.41, 5.74) is 0. The van der Waals surface area contributed by atoms with Crippen LogP contribution in [0.2, 0.25) is 0 Å². The van der Waals surface area contributed by atoms with Crippen LogP contribution in [0.15, 0.2) is 0 Å². The van der Waals surface area contributed by atoms with E-state index < -0.39 is 0 Å². The summed E-state index contributed by atoms with van der Waals surface area (Å²) in [7, 11) is 3.53. The fraction of sp³-hybridized carbons (Fsp3) is 0.917. The minimum absolute atomic E-state index is 0.190. The van der Waals surface area contributed by atoms with E-state index in [-0.39, 0.29) is 11.8 Å². The van der Waals surface area contributed by atoms with Crippen molar-refractivity contribution in [1.29, 1.82) is 0 Å². The molecule has 4 nitrogen and oxygen atoms in total.